The van der Waals surface area contributed by atoms with Gasteiger partial charge in [0.2, 0.25) is 10.0 Å². The summed E-state index contributed by atoms with van der Waals surface area (Å²) in [5.74, 6) is 1.79. The Labute approximate surface area is 114 Å². The Morgan fingerprint density at radius 2 is 2.16 bits per heavy atom. The van der Waals surface area contributed by atoms with Gasteiger partial charge in [-0.15, -0.1) is 0 Å². The molecule has 2 N–H and O–H groups in total. The van der Waals surface area contributed by atoms with Gasteiger partial charge < -0.3 is 10.2 Å². The van der Waals surface area contributed by atoms with Crippen LogP contribution in [0.25, 0.3) is 0 Å². The van der Waals surface area contributed by atoms with Crippen LogP contribution in [0.2, 0.25) is 0 Å². The van der Waals surface area contributed by atoms with Crippen molar-refractivity contribution in [2.75, 3.05) is 18.8 Å². The molecule has 0 aromatic carbocycles. The lowest BCUT2D eigenvalue weighted by molar-refractivity contribution is 0.428. The Morgan fingerprint density at radius 3 is 2.74 bits per heavy atom. The topological polar surface area (TPSA) is 76.5 Å². The van der Waals surface area contributed by atoms with Gasteiger partial charge in [-0.25, -0.2) is 8.42 Å². The van der Waals surface area contributed by atoms with Crippen LogP contribution < -0.4 is 5.73 Å². The predicted octanol–water partition coefficient (Wildman–Crippen LogP) is 1.44. The molecule has 0 saturated carbocycles. The first-order chi connectivity index (χ1) is 8.94. The zero-order valence-corrected chi connectivity index (χ0v) is 12.3. The van der Waals surface area contributed by atoms with E-state index in [-0.39, 0.29) is 17.7 Å². The Bertz CT molecular complexity index is 524. The third-order valence-electron chi connectivity index (χ3n) is 3.61. The molecule has 0 radical (unpaired) electrons. The lowest BCUT2D eigenvalue weighted by Gasteiger charge is -2.15. The third kappa shape index (κ3) is 3.19. The van der Waals surface area contributed by atoms with Gasteiger partial charge in [-0.05, 0) is 25.5 Å². The Hall–Kier alpha value is -0.850. The average Bonchev–Trinajstić information content (AvgIpc) is 2.93. The number of unbranched alkanes of at least 4 members (excludes halogenated alkanes) is 1. The minimum atomic E-state index is -3.18. The molecule has 1 aliphatic heterocycles. The molecule has 0 amide bonds. The van der Waals surface area contributed by atoms with Crippen LogP contribution in [-0.2, 0) is 10.0 Å². The van der Waals surface area contributed by atoms with Gasteiger partial charge in [0.15, 0.2) is 0 Å². The number of nitrogens with two attached hydrogens (primary N) is 1. The summed E-state index contributed by atoms with van der Waals surface area (Å²) < 4.78 is 31.4. The van der Waals surface area contributed by atoms with Crippen molar-refractivity contribution in [2.24, 2.45) is 5.73 Å². The molecule has 1 saturated heterocycles. The third-order valence-corrected chi connectivity index (χ3v) is 5.50. The number of hydrogen-bond acceptors (Lipinski definition) is 4. The average molecular weight is 286 g/mol. The van der Waals surface area contributed by atoms with Gasteiger partial charge in [0, 0.05) is 25.0 Å². The summed E-state index contributed by atoms with van der Waals surface area (Å²) in [5, 5.41) is 0. The van der Waals surface area contributed by atoms with E-state index in [1.165, 1.54) is 4.31 Å². The molecule has 1 aliphatic rings. The maximum Gasteiger partial charge on any atom is 0.214 e. The van der Waals surface area contributed by atoms with Gasteiger partial charge in [0.25, 0.3) is 0 Å². The highest BCUT2D eigenvalue weighted by Crippen LogP contribution is 2.29. The van der Waals surface area contributed by atoms with E-state index >= 15 is 0 Å². The highest BCUT2D eigenvalue weighted by Gasteiger charge is 2.38. The van der Waals surface area contributed by atoms with E-state index in [0.717, 1.165) is 17.9 Å². The van der Waals surface area contributed by atoms with Gasteiger partial charge in [0.1, 0.15) is 11.5 Å². The molecule has 0 unspecified atom stereocenters. The highest BCUT2D eigenvalue weighted by atomic mass is 32.2. The van der Waals surface area contributed by atoms with Crippen molar-refractivity contribution in [3.05, 3.63) is 23.7 Å². The second kappa shape index (κ2) is 5.64. The quantitative estimate of drug-likeness (QED) is 0.888. The monoisotopic (exact) mass is 286 g/mol. The normalized spacial score (nSPS) is 25.0. The molecule has 1 aromatic rings. The van der Waals surface area contributed by atoms with E-state index in [4.69, 9.17) is 10.2 Å². The Kier molecular flexibility index (Phi) is 4.32. The highest BCUT2D eigenvalue weighted by molar-refractivity contribution is 7.89. The number of aryl methyl sites for hydroxylation is 1. The molecular formula is C13H22N2O3S. The maximum absolute atomic E-state index is 12.2. The predicted molar refractivity (Wildman–Crippen MR) is 74.4 cm³/mol. The van der Waals surface area contributed by atoms with Crippen LogP contribution in [-0.4, -0.2) is 37.6 Å². The van der Waals surface area contributed by atoms with Crippen molar-refractivity contribution in [1.82, 2.24) is 4.31 Å². The van der Waals surface area contributed by atoms with E-state index in [0.29, 0.717) is 19.5 Å². The number of sulfonamides is 1. The largest absolute Gasteiger partial charge is 0.466 e. The number of rotatable bonds is 5. The first-order valence-electron chi connectivity index (χ1n) is 6.73. The van der Waals surface area contributed by atoms with Crippen LogP contribution >= 0.6 is 0 Å². The molecule has 6 heteroatoms. The molecule has 108 valence electrons. The zero-order chi connectivity index (χ0) is 14.0. The molecular weight excluding hydrogens is 264 g/mol. The molecule has 0 aliphatic carbocycles. The van der Waals surface area contributed by atoms with Crippen molar-refractivity contribution >= 4 is 10.0 Å². The lowest BCUT2D eigenvalue weighted by atomic mass is 10.0. The first-order valence-corrected chi connectivity index (χ1v) is 8.34. The molecule has 0 spiro atoms. The molecule has 2 atom stereocenters. The lowest BCUT2D eigenvalue weighted by Crippen LogP contribution is -2.33. The zero-order valence-electron chi connectivity index (χ0n) is 11.5. The number of furan rings is 1. The summed E-state index contributed by atoms with van der Waals surface area (Å²) in [6.07, 6.45) is 1.57. The van der Waals surface area contributed by atoms with Crippen LogP contribution in [0, 0.1) is 6.92 Å². The summed E-state index contributed by atoms with van der Waals surface area (Å²) in [5.41, 5.74) is 6.07. The molecule has 0 bridgehead atoms. The standard InChI is InChI=1S/C13H22N2O3S/c1-3-4-7-19(16,17)15-8-11(12(14)9-15)13-6-5-10(2)18-13/h5-6,11-12H,3-4,7-9,14H2,1-2H3/t11-,12-/m1/s1. The van der Waals surface area contributed by atoms with Crippen molar-refractivity contribution in [1.29, 1.82) is 0 Å². The van der Waals surface area contributed by atoms with Crippen LogP contribution in [0.3, 0.4) is 0 Å². The Balaban J connectivity index is 2.09. The van der Waals surface area contributed by atoms with Crippen LogP contribution in [0.1, 0.15) is 37.2 Å². The van der Waals surface area contributed by atoms with Gasteiger partial charge in [0.05, 0.1) is 5.75 Å². The number of nitrogens with zero attached hydrogens (tertiary/aromatic N) is 1. The van der Waals surface area contributed by atoms with Gasteiger partial charge >= 0.3 is 0 Å². The smallest absolute Gasteiger partial charge is 0.214 e. The fourth-order valence-corrected chi connectivity index (χ4v) is 4.13. The van der Waals surface area contributed by atoms with Crippen molar-refractivity contribution in [2.45, 2.75) is 38.6 Å². The second-order valence-corrected chi connectivity index (χ2v) is 7.29. The van der Waals surface area contributed by atoms with Gasteiger partial charge in [-0.1, -0.05) is 13.3 Å². The fourth-order valence-electron chi connectivity index (χ4n) is 2.43. The summed E-state index contributed by atoms with van der Waals surface area (Å²) >= 11 is 0. The van der Waals surface area contributed by atoms with E-state index in [9.17, 15) is 8.42 Å². The number of hydrogen-bond donors (Lipinski definition) is 1. The van der Waals surface area contributed by atoms with Crippen LogP contribution in [0.5, 0.6) is 0 Å². The van der Waals surface area contributed by atoms with Crippen molar-refractivity contribution in [3.8, 4) is 0 Å². The minimum absolute atomic E-state index is 0.0369. The molecule has 19 heavy (non-hydrogen) atoms. The van der Waals surface area contributed by atoms with E-state index in [1.54, 1.807) is 0 Å². The van der Waals surface area contributed by atoms with E-state index in [1.807, 2.05) is 26.0 Å². The van der Waals surface area contributed by atoms with Gasteiger partial charge in [-0.2, -0.15) is 4.31 Å². The SMILES string of the molecule is CCCCS(=O)(=O)N1C[C@@H](N)[C@H](c2ccc(C)o2)C1. The maximum atomic E-state index is 12.2. The van der Waals surface area contributed by atoms with Crippen LogP contribution in [0.15, 0.2) is 16.5 Å². The molecule has 1 aromatic heterocycles. The molecule has 1 fully saturated rings. The molecule has 2 rings (SSSR count). The summed E-state index contributed by atoms with van der Waals surface area (Å²) in [7, 11) is -3.18. The van der Waals surface area contributed by atoms with E-state index < -0.39 is 10.0 Å². The fraction of sp³-hybridized carbons (Fsp3) is 0.692. The first kappa shape index (κ1) is 14.6. The van der Waals surface area contributed by atoms with Crippen LogP contribution in [0.4, 0.5) is 0 Å². The van der Waals surface area contributed by atoms with E-state index in [2.05, 4.69) is 0 Å². The summed E-state index contributed by atoms with van der Waals surface area (Å²) in [6.45, 7) is 4.68. The molecule has 2 heterocycles. The van der Waals surface area contributed by atoms with Crippen molar-refractivity contribution in [3.63, 3.8) is 0 Å². The minimum Gasteiger partial charge on any atom is -0.466 e. The van der Waals surface area contributed by atoms with Crippen molar-refractivity contribution < 1.29 is 12.8 Å². The summed E-state index contributed by atoms with van der Waals surface area (Å²) in [4.78, 5) is 0. The summed E-state index contributed by atoms with van der Waals surface area (Å²) in [6, 6.07) is 3.58. The molecule has 5 nitrogen and oxygen atoms in total. The Morgan fingerprint density at radius 1 is 1.42 bits per heavy atom. The van der Waals surface area contributed by atoms with Gasteiger partial charge in [-0.3, -0.25) is 0 Å². The second-order valence-electron chi connectivity index (χ2n) is 5.21.